The standard InChI is InChI=1S/C10H16FN3O/c1-8(15)7-12-5-6-14-10-9(11)3-2-4-13-10/h2-4,8,12,15H,5-7H2,1H3,(H,13,14). The number of nitrogens with one attached hydrogen (secondary N) is 2. The van der Waals surface area contributed by atoms with E-state index in [0.29, 0.717) is 19.6 Å². The molecule has 3 N–H and O–H groups in total. The molecule has 1 rings (SSSR count). The van der Waals surface area contributed by atoms with Crippen molar-refractivity contribution in [1.82, 2.24) is 10.3 Å². The summed E-state index contributed by atoms with van der Waals surface area (Å²) in [5.41, 5.74) is 0. The third kappa shape index (κ3) is 4.71. The van der Waals surface area contributed by atoms with Crippen LogP contribution in [-0.2, 0) is 0 Å². The summed E-state index contributed by atoms with van der Waals surface area (Å²) in [6.07, 6.45) is 1.17. The summed E-state index contributed by atoms with van der Waals surface area (Å²) in [6.45, 7) is 3.47. The number of aliphatic hydroxyl groups is 1. The molecule has 1 aromatic rings. The Bertz CT molecular complexity index is 294. The number of anilines is 1. The number of aromatic nitrogens is 1. The van der Waals surface area contributed by atoms with Crippen molar-refractivity contribution in [3.63, 3.8) is 0 Å². The molecular formula is C10H16FN3O. The van der Waals surface area contributed by atoms with Crippen LogP contribution >= 0.6 is 0 Å². The van der Waals surface area contributed by atoms with E-state index in [9.17, 15) is 4.39 Å². The second kappa shape index (κ2) is 6.31. The Kier molecular flexibility index (Phi) is 5.00. The molecule has 0 aromatic carbocycles. The van der Waals surface area contributed by atoms with Gasteiger partial charge in [0.05, 0.1) is 6.10 Å². The van der Waals surface area contributed by atoms with E-state index in [0.717, 1.165) is 0 Å². The molecule has 0 aliphatic carbocycles. The molecule has 15 heavy (non-hydrogen) atoms. The second-order valence-corrected chi connectivity index (χ2v) is 3.31. The van der Waals surface area contributed by atoms with Crippen molar-refractivity contribution in [2.45, 2.75) is 13.0 Å². The lowest BCUT2D eigenvalue weighted by atomic mass is 10.4. The van der Waals surface area contributed by atoms with E-state index in [-0.39, 0.29) is 17.7 Å². The van der Waals surface area contributed by atoms with Crippen molar-refractivity contribution >= 4 is 5.82 Å². The molecule has 1 unspecified atom stereocenters. The van der Waals surface area contributed by atoms with Crippen LogP contribution in [0.3, 0.4) is 0 Å². The summed E-state index contributed by atoms with van der Waals surface area (Å²) < 4.78 is 13.0. The van der Waals surface area contributed by atoms with Gasteiger partial charge >= 0.3 is 0 Å². The molecule has 0 saturated heterocycles. The van der Waals surface area contributed by atoms with E-state index in [1.807, 2.05) is 0 Å². The quantitative estimate of drug-likeness (QED) is 0.606. The van der Waals surface area contributed by atoms with Gasteiger partial charge in [-0.3, -0.25) is 0 Å². The molecule has 0 fully saturated rings. The molecule has 1 heterocycles. The van der Waals surface area contributed by atoms with Gasteiger partial charge in [-0.05, 0) is 19.1 Å². The van der Waals surface area contributed by atoms with Gasteiger partial charge in [0.2, 0.25) is 0 Å². The van der Waals surface area contributed by atoms with E-state index in [2.05, 4.69) is 15.6 Å². The molecule has 1 aromatic heterocycles. The van der Waals surface area contributed by atoms with Crippen LogP contribution in [0.5, 0.6) is 0 Å². The largest absolute Gasteiger partial charge is 0.392 e. The smallest absolute Gasteiger partial charge is 0.165 e. The summed E-state index contributed by atoms with van der Waals surface area (Å²) in [4.78, 5) is 3.85. The maximum absolute atomic E-state index is 13.0. The summed E-state index contributed by atoms with van der Waals surface area (Å²) in [5.74, 6) is -0.0932. The Balaban J connectivity index is 2.18. The average Bonchev–Trinajstić information content (AvgIpc) is 2.20. The third-order valence-corrected chi connectivity index (χ3v) is 1.79. The molecule has 0 spiro atoms. The maximum atomic E-state index is 13.0. The van der Waals surface area contributed by atoms with Crippen molar-refractivity contribution in [1.29, 1.82) is 0 Å². The van der Waals surface area contributed by atoms with Gasteiger partial charge in [-0.25, -0.2) is 9.37 Å². The highest BCUT2D eigenvalue weighted by molar-refractivity contribution is 5.35. The zero-order chi connectivity index (χ0) is 11.1. The van der Waals surface area contributed by atoms with Crippen LogP contribution in [-0.4, -0.2) is 35.8 Å². The van der Waals surface area contributed by atoms with Crippen molar-refractivity contribution in [3.8, 4) is 0 Å². The monoisotopic (exact) mass is 213 g/mol. The van der Waals surface area contributed by atoms with Crippen LogP contribution in [0.15, 0.2) is 18.3 Å². The molecule has 0 amide bonds. The van der Waals surface area contributed by atoms with E-state index in [4.69, 9.17) is 5.11 Å². The molecule has 0 radical (unpaired) electrons. The van der Waals surface area contributed by atoms with Crippen LogP contribution in [0, 0.1) is 5.82 Å². The van der Waals surface area contributed by atoms with Gasteiger partial charge in [-0.2, -0.15) is 0 Å². The van der Waals surface area contributed by atoms with Gasteiger partial charge in [0.15, 0.2) is 11.6 Å². The lowest BCUT2D eigenvalue weighted by Gasteiger charge is -2.08. The van der Waals surface area contributed by atoms with Crippen LogP contribution < -0.4 is 10.6 Å². The first-order chi connectivity index (χ1) is 7.20. The molecule has 0 saturated carbocycles. The topological polar surface area (TPSA) is 57.2 Å². The Morgan fingerprint density at radius 2 is 2.33 bits per heavy atom. The highest BCUT2D eigenvalue weighted by Gasteiger charge is 2.00. The lowest BCUT2D eigenvalue weighted by Crippen LogP contribution is -2.29. The number of nitrogens with zero attached hydrogens (tertiary/aromatic N) is 1. The predicted molar refractivity (Wildman–Crippen MR) is 57.2 cm³/mol. The van der Waals surface area contributed by atoms with Gasteiger partial charge in [0.25, 0.3) is 0 Å². The Labute approximate surface area is 88.5 Å². The van der Waals surface area contributed by atoms with E-state index < -0.39 is 0 Å². The number of rotatable bonds is 6. The maximum Gasteiger partial charge on any atom is 0.165 e. The highest BCUT2D eigenvalue weighted by atomic mass is 19.1. The molecule has 4 nitrogen and oxygen atoms in total. The Hall–Kier alpha value is -1.20. The fraction of sp³-hybridized carbons (Fsp3) is 0.500. The normalized spacial score (nSPS) is 12.5. The predicted octanol–water partition coefficient (Wildman–Crippen LogP) is 0.603. The fourth-order valence-electron chi connectivity index (χ4n) is 1.10. The van der Waals surface area contributed by atoms with Crippen molar-refractivity contribution in [2.75, 3.05) is 25.0 Å². The molecule has 0 aliphatic rings. The van der Waals surface area contributed by atoms with Crippen LogP contribution in [0.25, 0.3) is 0 Å². The molecule has 0 aliphatic heterocycles. The zero-order valence-electron chi connectivity index (χ0n) is 8.70. The summed E-state index contributed by atoms with van der Waals surface area (Å²) in [7, 11) is 0. The summed E-state index contributed by atoms with van der Waals surface area (Å²) >= 11 is 0. The molecule has 84 valence electrons. The Morgan fingerprint density at radius 1 is 1.53 bits per heavy atom. The molecule has 1 atom stereocenters. The summed E-state index contributed by atoms with van der Waals surface area (Å²) in [6, 6.07) is 2.91. The van der Waals surface area contributed by atoms with E-state index in [1.54, 1.807) is 13.0 Å². The minimum atomic E-state index is -0.364. The lowest BCUT2D eigenvalue weighted by molar-refractivity contribution is 0.192. The minimum absolute atomic E-state index is 0.261. The van der Waals surface area contributed by atoms with Gasteiger partial charge in [-0.1, -0.05) is 0 Å². The van der Waals surface area contributed by atoms with Crippen molar-refractivity contribution in [2.24, 2.45) is 0 Å². The van der Waals surface area contributed by atoms with Crippen LogP contribution in [0.4, 0.5) is 10.2 Å². The first-order valence-electron chi connectivity index (χ1n) is 4.93. The van der Waals surface area contributed by atoms with Crippen molar-refractivity contribution < 1.29 is 9.50 Å². The third-order valence-electron chi connectivity index (χ3n) is 1.79. The zero-order valence-corrected chi connectivity index (χ0v) is 8.70. The second-order valence-electron chi connectivity index (χ2n) is 3.31. The summed E-state index contributed by atoms with van der Waals surface area (Å²) in [5, 5.41) is 14.8. The Morgan fingerprint density at radius 3 is 3.00 bits per heavy atom. The van der Waals surface area contributed by atoms with Gasteiger partial charge in [0, 0.05) is 25.8 Å². The average molecular weight is 213 g/mol. The number of aliphatic hydroxyl groups excluding tert-OH is 1. The SMILES string of the molecule is CC(O)CNCCNc1ncccc1F. The molecular weight excluding hydrogens is 197 g/mol. The highest BCUT2D eigenvalue weighted by Crippen LogP contribution is 2.06. The number of pyridine rings is 1. The number of halogens is 1. The van der Waals surface area contributed by atoms with E-state index >= 15 is 0 Å². The van der Waals surface area contributed by atoms with E-state index in [1.165, 1.54) is 12.3 Å². The first-order valence-corrected chi connectivity index (χ1v) is 4.93. The van der Waals surface area contributed by atoms with Crippen molar-refractivity contribution in [3.05, 3.63) is 24.1 Å². The fourth-order valence-corrected chi connectivity index (χ4v) is 1.10. The van der Waals surface area contributed by atoms with Crippen LogP contribution in [0.2, 0.25) is 0 Å². The minimum Gasteiger partial charge on any atom is -0.392 e. The van der Waals surface area contributed by atoms with Gasteiger partial charge in [-0.15, -0.1) is 0 Å². The number of hydrogen-bond donors (Lipinski definition) is 3. The number of hydrogen-bond acceptors (Lipinski definition) is 4. The molecule has 5 heteroatoms. The van der Waals surface area contributed by atoms with Gasteiger partial charge in [0.1, 0.15) is 0 Å². The first kappa shape index (κ1) is 11.9. The molecule has 0 bridgehead atoms. The van der Waals surface area contributed by atoms with Gasteiger partial charge < -0.3 is 15.7 Å². The van der Waals surface area contributed by atoms with Crippen LogP contribution in [0.1, 0.15) is 6.92 Å².